The highest BCUT2D eigenvalue weighted by Gasteiger charge is 2.28. The number of hydrogen-bond donors (Lipinski definition) is 1. The lowest BCUT2D eigenvalue weighted by molar-refractivity contribution is -0.145. The number of likely N-dealkylation sites (tertiary alicyclic amines) is 1. The Morgan fingerprint density at radius 2 is 1.94 bits per heavy atom. The first-order valence-corrected chi connectivity index (χ1v) is 8.57. The Hall–Kier alpha value is -0.360. The van der Waals surface area contributed by atoms with E-state index in [1.54, 1.807) is 0 Å². The van der Waals surface area contributed by atoms with Crippen LogP contribution in [0.5, 0.6) is 0 Å². The molecule has 1 N–H and O–H groups in total. The Labute approximate surface area is 116 Å². The van der Waals surface area contributed by atoms with Gasteiger partial charge in [-0.05, 0) is 12.8 Å². The standard InChI is InChI=1S/C12H19NO3S2/c14-11(7-10-8-17-5-6-18-10)13-3-1-9(2-4-13)12(15)16/h9-10H,1-8H2,(H,15,16). The molecule has 6 heteroatoms. The molecule has 1 amide bonds. The van der Waals surface area contributed by atoms with Crippen molar-refractivity contribution in [1.82, 2.24) is 4.90 Å². The van der Waals surface area contributed by atoms with Crippen LogP contribution in [0.1, 0.15) is 19.3 Å². The normalized spacial score (nSPS) is 26.0. The predicted molar refractivity (Wildman–Crippen MR) is 75.1 cm³/mol. The molecule has 2 heterocycles. The van der Waals surface area contributed by atoms with Crippen molar-refractivity contribution in [2.45, 2.75) is 24.5 Å². The molecule has 2 rings (SSSR count). The molecule has 18 heavy (non-hydrogen) atoms. The number of carbonyl (C=O) groups is 2. The molecule has 2 aliphatic heterocycles. The van der Waals surface area contributed by atoms with E-state index in [0.29, 0.717) is 37.6 Å². The van der Waals surface area contributed by atoms with Gasteiger partial charge in [-0.1, -0.05) is 0 Å². The predicted octanol–water partition coefficient (Wildman–Crippen LogP) is 1.55. The molecule has 2 fully saturated rings. The molecule has 0 aromatic rings. The maximum absolute atomic E-state index is 12.1. The molecule has 0 radical (unpaired) electrons. The zero-order valence-electron chi connectivity index (χ0n) is 10.3. The van der Waals surface area contributed by atoms with Gasteiger partial charge in [0, 0.05) is 42.0 Å². The fourth-order valence-electron chi connectivity index (χ4n) is 2.35. The van der Waals surface area contributed by atoms with Crippen LogP contribution in [0.15, 0.2) is 0 Å². The summed E-state index contributed by atoms with van der Waals surface area (Å²) in [5.41, 5.74) is 0. The van der Waals surface area contributed by atoms with Gasteiger partial charge in [-0.2, -0.15) is 23.5 Å². The number of piperidine rings is 1. The highest BCUT2D eigenvalue weighted by molar-refractivity contribution is 8.06. The smallest absolute Gasteiger partial charge is 0.306 e. The van der Waals surface area contributed by atoms with Crippen molar-refractivity contribution < 1.29 is 14.7 Å². The van der Waals surface area contributed by atoms with Crippen LogP contribution in [0.3, 0.4) is 0 Å². The molecule has 0 aromatic carbocycles. The van der Waals surface area contributed by atoms with Gasteiger partial charge in [0.2, 0.25) is 5.91 Å². The van der Waals surface area contributed by atoms with Crippen molar-refractivity contribution >= 4 is 35.4 Å². The van der Waals surface area contributed by atoms with Gasteiger partial charge in [0.15, 0.2) is 0 Å². The minimum absolute atomic E-state index is 0.207. The average Bonchev–Trinajstić information content (AvgIpc) is 2.40. The van der Waals surface area contributed by atoms with E-state index in [0.717, 1.165) is 11.5 Å². The van der Waals surface area contributed by atoms with E-state index in [1.807, 2.05) is 28.4 Å². The summed E-state index contributed by atoms with van der Waals surface area (Å²) in [5.74, 6) is 2.64. The molecular weight excluding hydrogens is 270 g/mol. The van der Waals surface area contributed by atoms with Crippen LogP contribution < -0.4 is 0 Å². The Morgan fingerprint density at radius 3 is 2.50 bits per heavy atom. The molecule has 2 saturated heterocycles. The zero-order chi connectivity index (χ0) is 13.0. The lowest BCUT2D eigenvalue weighted by atomic mass is 9.97. The van der Waals surface area contributed by atoms with E-state index in [4.69, 9.17) is 5.11 Å². The van der Waals surface area contributed by atoms with Crippen LogP contribution in [-0.2, 0) is 9.59 Å². The average molecular weight is 289 g/mol. The number of aliphatic carboxylic acids is 1. The van der Waals surface area contributed by atoms with Gasteiger partial charge in [0.05, 0.1) is 5.92 Å². The maximum atomic E-state index is 12.1. The summed E-state index contributed by atoms with van der Waals surface area (Å²) in [6, 6.07) is 0. The molecule has 1 atom stereocenters. The van der Waals surface area contributed by atoms with Crippen LogP contribution in [0.4, 0.5) is 0 Å². The molecule has 102 valence electrons. The highest BCUT2D eigenvalue weighted by Crippen LogP contribution is 2.27. The molecule has 0 bridgehead atoms. The molecule has 0 aliphatic carbocycles. The third-order valence-electron chi connectivity index (χ3n) is 3.48. The van der Waals surface area contributed by atoms with Crippen molar-refractivity contribution in [2.75, 3.05) is 30.3 Å². The van der Waals surface area contributed by atoms with E-state index in [9.17, 15) is 9.59 Å². The van der Waals surface area contributed by atoms with Gasteiger partial charge in [-0.25, -0.2) is 0 Å². The van der Waals surface area contributed by atoms with Gasteiger partial charge in [-0.15, -0.1) is 0 Å². The second-order valence-corrected chi connectivity index (χ2v) is 7.32. The summed E-state index contributed by atoms with van der Waals surface area (Å²) < 4.78 is 0. The number of thioether (sulfide) groups is 2. The van der Waals surface area contributed by atoms with Gasteiger partial charge >= 0.3 is 5.97 Å². The van der Waals surface area contributed by atoms with Crippen LogP contribution in [0.2, 0.25) is 0 Å². The second kappa shape index (κ2) is 6.70. The number of hydrogen-bond acceptors (Lipinski definition) is 4. The van der Waals surface area contributed by atoms with E-state index in [-0.39, 0.29) is 11.8 Å². The van der Waals surface area contributed by atoms with Crippen molar-refractivity contribution in [3.8, 4) is 0 Å². The highest BCUT2D eigenvalue weighted by atomic mass is 32.2. The van der Waals surface area contributed by atoms with E-state index >= 15 is 0 Å². The first kappa shape index (κ1) is 14.1. The Morgan fingerprint density at radius 1 is 1.22 bits per heavy atom. The van der Waals surface area contributed by atoms with Gasteiger partial charge in [-0.3, -0.25) is 9.59 Å². The number of carboxylic acids is 1. The van der Waals surface area contributed by atoms with Gasteiger partial charge in [0.25, 0.3) is 0 Å². The van der Waals surface area contributed by atoms with Crippen LogP contribution in [-0.4, -0.2) is 57.5 Å². The van der Waals surface area contributed by atoms with Crippen LogP contribution >= 0.6 is 23.5 Å². The monoisotopic (exact) mass is 289 g/mol. The SMILES string of the molecule is O=C(O)C1CCN(C(=O)CC2CSCCS2)CC1. The summed E-state index contributed by atoms with van der Waals surface area (Å²) in [6.07, 6.45) is 1.83. The van der Waals surface area contributed by atoms with Crippen LogP contribution in [0.25, 0.3) is 0 Å². The number of carbonyl (C=O) groups excluding carboxylic acids is 1. The second-order valence-electron chi connectivity index (χ2n) is 4.77. The molecule has 0 saturated carbocycles. The Bertz CT molecular complexity index is 310. The summed E-state index contributed by atoms with van der Waals surface area (Å²) in [6.45, 7) is 1.22. The maximum Gasteiger partial charge on any atom is 0.306 e. The van der Waals surface area contributed by atoms with Gasteiger partial charge < -0.3 is 10.0 Å². The van der Waals surface area contributed by atoms with Crippen molar-refractivity contribution in [2.24, 2.45) is 5.92 Å². The lowest BCUT2D eigenvalue weighted by Gasteiger charge is -2.31. The molecule has 1 unspecified atom stereocenters. The van der Waals surface area contributed by atoms with Crippen LogP contribution in [0, 0.1) is 5.92 Å². The largest absolute Gasteiger partial charge is 0.481 e. The van der Waals surface area contributed by atoms with Crippen molar-refractivity contribution in [1.29, 1.82) is 0 Å². The summed E-state index contributed by atoms with van der Waals surface area (Å²) in [5, 5.41) is 9.37. The third kappa shape index (κ3) is 3.82. The fraction of sp³-hybridized carbons (Fsp3) is 0.833. The fourth-order valence-corrected chi connectivity index (χ4v) is 5.03. The quantitative estimate of drug-likeness (QED) is 0.854. The molecule has 4 nitrogen and oxygen atoms in total. The molecular formula is C12H19NO3S2. The van der Waals surface area contributed by atoms with Crippen molar-refractivity contribution in [3.05, 3.63) is 0 Å². The summed E-state index contributed by atoms with van der Waals surface area (Å²) >= 11 is 3.83. The number of nitrogens with zero attached hydrogens (tertiary/aromatic N) is 1. The van der Waals surface area contributed by atoms with Crippen molar-refractivity contribution in [3.63, 3.8) is 0 Å². The first-order chi connectivity index (χ1) is 8.66. The van der Waals surface area contributed by atoms with Gasteiger partial charge in [0.1, 0.15) is 0 Å². The summed E-state index contributed by atoms with van der Waals surface area (Å²) in [7, 11) is 0. The zero-order valence-corrected chi connectivity index (χ0v) is 12.0. The number of amides is 1. The third-order valence-corrected chi connectivity index (χ3v) is 6.33. The molecule has 0 aromatic heterocycles. The van der Waals surface area contributed by atoms with E-state index in [1.165, 1.54) is 5.75 Å². The first-order valence-electron chi connectivity index (χ1n) is 6.36. The lowest BCUT2D eigenvalue weighted by Crippen LogP contribution is -2.41. The summed E-state index contributed by atoms with van der Waals surface area (Å²) in [4.78, 5) is 24.8. The molecule has 0 spiro atoms. The van der Waals surface area contributed by atoms with E-state index in [2.05, 4.69) is 0 Å². The molecule has 2 aliphatic rings. The minimum Gasteiger partial charge on any atom is -0.481 e. The number of carboxylic acid groups (broad SMARTS) is 1. The van der Waals surface area contributed by atoms with E-state index < -0.39 is 5.97 Å². The number of rotatable bonds is 3. The minimum atomic E-state index is -0.721. The Balaban J connectivity index is 1.75. The topological polar surface area (TPSA) is 57.6 Å². The Kier molecular flexibility index (Phi) is 5.24.